The number of carboxylic acids is 1. The van der Waals surface area contributed by atoms with Crippen molar-refractivity contribution in [3.8, 4) is 11.5 Å². The molecule has 2 aliphatic rings. The van der Waals surface area contributed by atoms with E-state index < -0.39 is 5.97 Å². The van der Waals surface area contributed by atoms with Crippen LogP contribution in [0.2, 0.25) is 0 Å². The summed E-state index contributed by atoms with van der Waals surface area (Å²) in [6, 6.07) is 22.0. The van der Waals surface area contributed by atoms with Crippen LogP contribution < -0.4 is 4.74 Å². The number of amides is 1. The predicted octanol–water partition coefficient (Wildman–Crippen LogP) is 5.37. The van der Waals surface area contributed by atoms with Gasteiger partial charge in [0.25, 0.3) is 0 Å². The van der Waals surface area contributed by atoms with E-state index in [1.807, 2.05) is 59.6 Å². The lowest BCUT2D eigenvalue weighted by Gasteiger charge is -2.34. The van der Waals surface area contributed by atoms with Gasteiger partial charge in [0, 0.05) is 36.8 Å². The Morgan fingerprint density at radius 2 is 1.66 bits per heavy atom. The monoisotopic (exact) mass is 574 g/mol. The third kappa shape index (κ3) is 6.55. The van der Waals surface area contributed by atoms with Gasteiger partial charge in [0.15, 0.2) is 0 Å². The van der Waals surface area contributed by atoms with Gasteiger partial charge in [-0.15, -0.1) is 12.4 Å². The van der Waals surface area contributed by atoms with Crippen LogP contribution in [0.5, 0.6) is 11.5 Å². The molecular weight excluding hydrogens is 540 g/mol. The number of piperidine rings is 1. The first-order valence-corrected chi connectivity index (χ1v) is 14.0. The number of hydrogen-bond donors (Lipinski definition) is 1. The van der Waals surface area contributed by atoms with E-state index in [4.69, 9.17) is 14.8 Å². The molecule has 2 aliphatic heterocycles. The number of carbonyl (C=O) groups is 2. The second-order valence-corrected chi connectivity index (χ2v) is 10.8. The number of aromatic nitrogens is 2. The number of nitrogens with zero attached hydrogens (tertiary/aromatic N) is 4. The summed E-state index contributed by atoms with van der Waals surface area (Å²) in [5.41, 5.74) is 4.52. The van der Waals surface area contributed by atoms with Gasteiger partial charge in [0.05, 0.1) is 13.1 Å². The summed E-state index contributed by atoms with van der Waals surface area (Å²) in [5.74, 6) is 1.20. The lowest BCUT2D eigenvalue weighted by Crippen LogP contribution is -2.45. The van der Waals surface area contributed by atoms with Crippen LogP contribution in [0.4, 0.5) is 0 Å². The predicted molar refractivity (Wildman–Crippen MR) is 160 cm³/mol. The molecule has 8 nitrogen and oxygen atoms in total. The van der Waals surface area contributed by atoms with Crippen LogP contribution in [0.1, 0.15) is 36.1 Å². The van der Waals surface area contributed by atoms with Crippen molar-refractivity contribution >= 4 is 35.3 Å². The molecule has 0 radical (unpaired) electrons. The molecule has 41 heavy (non-hydrogen) atoms. The SMILES string of the molecule is Cl.O=C(O)CC1CCN(CC(=O)N2CCc3c(n(Cc4ccc(Oc5ccccc5)cc4)c4ncccc34)C2)CC1. The number of benzene rings is 2. The fourth-order valence-corrected chi connectivity index (χ4v) is 6.00. The number of halogens is 1. The van der Waals surface area contributed by atoms with Gasteiger partial charge in [0.1, 0.15) is 17.1 Å². The lowest BCUT2D eigenvalue weighted by atomic mass is 9.93. The van der Waals surface area contributed by atoms with E-state index >= 15 is 0 Å². The minimum absolute atomic E-state index is 0. The van der Waals surface area contributed by atoms with Crippen LogP contribution in [0.3, 0.4) is 0 Å². The number of likely N-dealkylation sites (tertiary alicyclic amines) is 1. The largest absolute Gasteiger partial charge is 0.481 e. The maximum Gasteiger partial charge on any atom is 0.303 e. The fourth-order valence-electron chi connectivity index (χ4n) is 6.00. The number of para-hydroxylation sites is 1. The van der Waals surface area contributed by atoms with Gasteiger partial charge in [-0.1, -0.05) is 30.3 Å². The average Bonchev–Trinajstić information content (AvgIpc) is 3.28. The van der Waals surface area contributed by atoms with Gasteiger partial charge in [0.2, 0.25) is 5.91 Å². The number of carboxylic acid groups (broad SMARTS) is 1. The number of pyridine rings is 1. The number of hydrogen-bond acceptors (Lipinski definition) is 5. The highest BCUT2D eigenvalue weighted by Crippen LogP contribution is 2.31. The Labute approximate surface area is 246 Å². The summed E-state index contributed by atoms with van der Waals surface area (Å²) >= 11 is 0. The number of fused-ring (bicyclic) bond motifs is 3. The van der Waals surface area contributed by atoms with Crippen LogP contribution in [0.15, 0.2) is 72.9 Å². The Balaban J connectivity index is 0.00000337. The Bertz CT molecular complexity index is 1500. The fraction of sp³-hybridized carbons (Fsp3) is 0.344. The first-order valence-electron chi connectivity index (χ1n) is 14.0. The number of carbonyl (C=O) groups excluding carboxylic acids is 1. The van der Waals surface area contributed by atoms with Crippen LogP contribution >= 0.6 is 12.4 Å². The summed E-state index contributed by atoms with van der Waals surface area (Å²) < 4.78 is 8.22. The van der Waals surface area contributed by atoms with Crippen LogP contribution in [-0.2, 0) is 29.1 Å². The molecule has 0 spiro atoms. The lowest BCUT2D eigenvalue weighted by molar-refractivity contribution is -0.139. The molecule has 4 heterocycles. The molecule has 2 aromatic heterocycles. The standard InChI is InChI=1S/C32H34N4O4.ClH/c37-30(22-34-16-12-23(13-17-34)19-31(38)39)35-18-14-27-28-7-4-15-33-32(28)36(29(27)21-35)20-24-8-10-26(11-9-24)40-25-5-2-1-3-6-25;/h1-11,15,23H,12-14,16-22H2,(H,38,39);1H. The smallest absolute Gasteiger partial charge is 0.303 e. The van der Waals surface area contributed by atoms with E-state index in [2.05, 4.69) is 27.7 Å². The number of aliphatic carboxylic acids is 1. The summed E-state index contributed by atoms with van der Waals surface area (Å²) in [6.45, 7) is 3.86. The van der Waals surface area contributed by atoms with Crippen molar-refractivity contribution in [2.45, 2.75) is 38.8 Å². The van der Waals surface area contributed by atoms with E-state index in [9.17, 15) is 9.59 Å². The third-order valence-electron chi connectivity index (χ3n) is 8.14. The minimum Gasteiger partial charge on any atom is -0.481 e. The zero-order valence-electron chi connectivity index (χ0n) is 22.9. The molecule has 1 fully saturated rings. The van der Waals surface area contributed by atoms with Crippen molar-refractivity contribution in [2.24, 2.45) is 5.92 Å². The molecule has 4 aromatic rings. The molecule has 1 N–H and O–H groups in total. The van der Waals surface area contributed by atoms with Gasteiger partial charge in [-0.3, -0.25) is 14.5 Å². The quantitative estimate of drug-likeness (QED) is 0.304. The zero-order chi connectivity index (χ0) is 27.5. The van der Waals surface area contributed by atoms with E-state index in [-0.39, 0.29) is 30.7 Å². The molecule has 1 saturated heterocycles. The minimum atomic E-state index is -0.736. The van der Waals surface area contributed by atoms with Crippen molar-refractivity contribution in [3.63, 3.8) is 0 Å². The van der Waals surface area contributed by atoms with E-state index in [0.717, 1.165) is 66.1 Å². The van der Waals surface area contributed by atoms with Crippen LogP contribution in [0, 0.1) is 5.92 Å². The summed E-state index contributed by atoms with van der Waals surface area (Å²) in [6.07, 6.45) is 4.52. The molecular formula is C32H35ClN4O4. The maximum atomic E-state index is 13.4. The molecule has 2 aromatic carbocycles. The van der Waals surface area contributed by atoms with Gasteiger partial charge in [-0.25, -0.2) is 4.98 Å². The van der Waals surface area contributed by atoms with Crippen molar-refractivity contribution in [1.29, 1.82) is 0 Å². The average molecular weight is 575 g/mol. The summed E-state index contributed by atoms with van der Waals surface area (Å²) in [4.78, 5) is 33.3. The first kappa shape index (κ1) is 28.6. The molecule has 9 heteroatoms. The molecule has 0 aliphatic carbocycles. The Morgan fingerprint density at radius 3 is 2.39 bits per heavy atom. The molecule has 0 unspecified atom stereocenters. The second-order valence-electron chi connectivity index (χ2n) is 10.8. The maximum absolute atomic E-state index is 13.4. The zero-order valence-corrected chi connectivity index (χ0v) is 23.8. The Hall–Kier alpha value is -3.88. The Morgan fingerprint density at radius 1 is 0.927 bits per heavy atom. The van der Waals surface area contributed by atoms with Gasteiger partial charge >= 0.3 is 5.97 Å². The molecule has 1 amide bonds. The highest BCUT2D eigenvalue weighted by Gasteiger charge is 2.29. The van der Waals surface area contributed by atoms with Gasteiger partial charge in [-0.2, -0.15) is 0 Å². The van der Waals surface area contributed by atoms with Crippen molar-refractivity contribution in [2.75, 3.05) is 26.2 Å². The molecule has 0 saturated carbocycles. The van der Waals surface area contributed by atoms with Crippen molar-refractivity contribution in [3.05, 3.63) is 89.7 Å². The van der Waals surface area contributed by atoms with Gasteiger partial charge in [-0.05, 0) is 85.8 Å². The third-order valence-corrected chi connectivity index (χ3v) is 8.14. The van der Waals surface area contributed by atoms with E-state index in [0.29, 0.717) is 26.2 Å². The first-order chi connectivity index (χ1) is 19.5. The Kier molecular flexibility index (Phi) is 8.90. The summed E-state index contributed by atoms with van der Waals surface area (Å²) in [5, 5.41) is 10.2. The van der Waals surface area contributed by atoms with E-state index in [1.165, 1.54) is 5.56 Å². The van der Waals surface area contributed by atoms with Crippen LogP contribution in [-0.4, -0.2) is 62.5 Å². The molecule has 0 atom stereocenters. The number of rotatable bonds is 8. The molecule has 214 valence electrons. The topological polar surface area (TPSA) is 87.9 Å². The second kappa shape index (κ2) is 12.7. The van der Waals surface area contributed by atoms with Crippen molar-refractivity contribution < 1.29 is 19.4 Å². The summed E-state index contributed by atoms with van der Waals surface area (Å²) in [7, 11) is 0. The highest BCUT2D eigenvalue weighted by atomic mass is 35.5. The van der Waals surface area contributed by atoms with Gasteiger partial charge < -0.3 is 19.3 Å². The molecule has 0 bridgehead atoms. The highest BCUT2D eigenvalue weighted by molar-refractivity contribution is 5.85. The van der Waals surface area contributed by atoms with Crippen molar-refractivity contribution in [1.82, 2.24) is 19.4 Å². The van der Waals surface area contributed by atoms with Crippen LogP contribution in [0.25, 0.3) is 11.0 Å². The molecule has 6 rings (SSSR count). The van der Waals surface area contributed by atoms with E-state index in [1.54, 1.807) is 0 Å². The normalized spacial score (nSPS) is 15.8. The number of ether oxygens (including phenoxy) is 1.